The molecule has 0 atom stereocenters. The van der Waals surface area contributed by atoms with Gasteiger partial charge >= 0.3 is 6.09 Å². The Balaban J connectivity index is 2.38. The summed E-state index contributed by atoms with van der Waals surface area (Å²) < 4.78 is 0. The van der Waals surface area contributed by atoms with Crippen LogP contribution in [0.3, 0.4) is 0 Å². The molecule has 1 heterocycles. The van der Waals surface area contributed by atoms with E-state index < -0.39 is 14.2 Å². The molecular weight excluding hydrogens is 254 g/mol. The Bertz CT molecular complexity index is 564. The highest BCUT2D eigenvalue weighted by Gasteiger charge is 2.21. The fourth-order valence-corrected chi connectivity index (χ4v) is 2.63. The first-order valence-electron chi connectivity index (χ1n) is 6.53. The highest BCUT2D eigenvalue weighted by atomic mass is 28.3. The second-order valence-corrected chi connectivity index (χ2v) is 10.6. The van der Waals surface area contributed by atoms with Crippen LogP contribution in [0, 0.1) is 11.5 Å². The molecule has 0 saturated carbocycles. The quantitative estimate of drug-likeness (QED) is 0.582. The second-order valence-electron chi connectivity index (χ2n) is 5.88. The lowest BCUT2D eigenvalue weighted by atomic mass is 10.00. The average Bonchev–Trinajstić information content (AvgIpc) is 2.34. The van der Waals surface area contributed by atoms with Gasteiger partial charge in [-0.05, 0) is 30.5 Å². The molecule has 0 aliphatic carbocycles. The van der Waals surface area contributed by atoms with Crippen LogP contribution in [0.25, 0.3) is 0 Å². The third kappa shape index (κ3) is 3.39. The van der Waals surface area contributed by atoms with Crippen molar-refractivity contribution in [3.05, 3.63) is 29.3 Å². The van der Waals surface area contributed by atoms with Gasteiger partial charge < -0.3 is 5.11 Å². The van der Waals surface area contributed by atoms with Crippen LogP contribution >= 0.6 is 0 Å². The van der Waals surface area contributed by atoms with Crippen LogP contribution in [0.15, 0.2) is 18.2 Å². The number of nitrogens with zero attached hydrogens (tertiary/aromatic N) is 1. The first-order valence-corrected chi connectivity index (χ1v) is 10.0. The van der Waals surface area contributed by atoms with E-state index in [4.69, 9.17) is 0 Å². The number of benzene rings is 1. The minimum atomic E-state index is -1.41. The Hall–Kier alpha value is -1.73. The van der Waals surface area contributed by atoms with Crippen LogP contribution in [-0.2, 0) is 6.42 Å². The van der Waals surface area contributed by atoms with Crippen molar-refractivity contribution in [3.8, 4) is 11.5 Å². The van der Waals surface area contributed by atoms with Crippen LogP contribution in [0.5, 0.6) is 0 Å². The molecule has 0 bridgehead atoms. The predicted octanol–water partition coefficient (Wildman–Crippen LogP) is 3.35. The molecule has 0 unspecified atom stereocenters. The van der Waals surface area contributed by atoms with E-state index in [1.54, 1.807) is 0 Å². The predicted molar refractivity (Wildman–Crippen MR) is 80.4 cm³/mol. The molecule has 3 nitrogen and oxygen atoms in total. The number of carbonyl (C=O) groups is 1. The molecule has 1 N–H and O–H groups in total. The van der Waals surface area contributed by atoms with Crippen LogP contribution in [-0.4, -0.2) is 25.8 Å². The van der Waals surface area contributed by atoms with Gasteiger partial charge in [0.25, 0.3) is 0 Å². The lowest BCUT2D eigenvalue weighted by molar-refractivity contribution is 0.201. The minimum absolute atomic E-state index is 0.577. The van der Waals surface area contributed by atoms with Gasteiger partial charge in [-0.25, -0.2) is 4.79 Å². The zero-order valence-electron chi connectivity index (χ0n) is 11.7. The Morgan fingerprint density at radius 2 is 2.11 bits per heavy atom. The van der Waals surface area contributed by atoms with E-state index in [2.05, 4.69) is 31.1 Å². The maximum atomic E-state index is 11.2. The van der Waals surface area contributed by atoms with Crippen molar-refractivity contribution in [2.24, 2.45) is 0 Å². The zero-order chi connectivity index (χ0) is 14.0. The Kier molecular flexibility index (Phi) is 3.68. The molecule has 1 amide bonds. The molecule has 100 valence electrons. The summed E-state index contributed by atoms with van der Waals surface area (Å²) in [5, 5.41) is 9.23. The maximum Gasteiger partial charge on any atom is 0.411 e. The molecule has 4 heteroatoms. The van der Waals surface area contributed by atoms with Crippen molar-refractivity contribution in [3.63, 3.8) is 0 Å². The average molecular weight is 273 g/mol. The van der Waals surface area contributed by atoms with E-state index in [0.29, 0.717) is 6.54 Å². The normalized spacial score (nSPS) is 14.4. The number of aryl methyl sites for hydroxylation is 1. The molecule has 1 aromatic carbocycles. The topological polar surface area (TPSA) is 40.5 Å². The number of carboxylic acid groups (broad SMARTS) is 1. The molecule has 19 heavy (non-hydrogen) atoms. The molecule has 2 rings (SSSR count). The zero-order valence-corrected chi connectivity index (χ0v) is 12.7. The number of rotatable bonds is 0. The first kappa shape index (κ1) is 13.7. The summed E-state index contributed by atoms with van der Waals surface area (Å²) in [6.07, 6.45) is 0.955. The number of fused-ring (bicyclic) bond motifs is 1. The van der Waals surface area contributed by atoms with Gasteiger partial charge in [-0.2, -0.15) is 0 Å². The molecule has 1 aromatic rings. The summed E-state index contributed by atoms with van der Waals surface area (Å²) in [6.45, 7) is 7.17. The number of hydrogen-bond acceptors (Lipinski definition) is 1. The Labute approximate surface area is 115 Å². The molecular formula is C15H19NO2Si. The van der Waals surface area contributed by atoms with Crippen molar-refractivity contribution in [1.82, 2.24) is 0 Å². The van der Waals surface area contributed by atoms with Crippen molar-refractivity contribution < 1.29 is 9.90 Å². The van der Waals surface area contributed by atoms with Crippen molar-refractivity contribution >= 4 is 19.9 Å². The number of hydrogen-bond donors (Lipinski definition) is 1. The molecule has 0 radical (unpaired) electrons. The van der Waals surface area contributed by atoms with Gasteiger partial charge in [0.15, 0.2) is 0 Å². The van der Waals surface area contributed by atoms with E-state index in [1.807, 2.05) is 18.2 Å². The van der Waals surface area contributed by atoms with E-state index in [1.165, 1.54) is 4.90 Å². The maximum absolute atomic E-state index is 11.2. The largest absolute Gasteiger partial charge is 0.465 e. The molecule has 0 aromatic heterocycles. The summed E-state index contributed by atoms with van der Waals surface area (Å²) in [4.78, 5) is 12.7. The van der Waals surface area contributed by atoms with Gasteiger partial charge in [-0.15, -0.1) is 5.54 Å². The fourth-order valence-electron chi connectivity index (χ4n) is 2.11. The first-order chi connectivity index (χ1) is 8.87. The molecule has 0 fully saturated rings. The summed E-state index contributed by atoms with van der Waals surface area (Å²) in [6, 6.07) is 5.92. The van der Waals surface area contributed by atoms with Gasteiger partial charge in [-0.1, -0.05) is 31.6 Å². The third-order valence-electron chi connectivity index (χ3n) is 3.02. The lowest BCUT2D eigenvalue weighted by Gasteiger charge is -2.27. The summed E-state index contributed by atoms with van der Waals surface area (Å²) in [5.74, 6) is 3.19. The van der Waals surface area contributed by atoms with Gasteiger partial charge in [-0.3, -0.25) is 4.90 Å². The van der Waals surface area contributed by atoms with E-state index in [-0.39, 0.29) is 0 Å². The standard InChI is InChI=1S/C15H19NO2Si/c1-19(2,3)10-8-12-6-7-13-5-4-9-16(15(17)18)14(13)11-12/h6-7,11H,4-5,9H2,1-3H3,(H,17,18). The smallest absolute Gasteiger partial charge is 0.411 e. The lowest BCUT2D eigenvalue weighted by Crippen LogP contribution is -2.34. The number of anilines is 1. The van der Waals surface area contributed by atoms with Gasteiger partial charge in [0.1, 0.15) is 8.07 Å². The second kappa shape index (κ2) is 5.10. The summed E-state index contributed by atoms with van der Waals surface area (Å²) in [5.41, 5.74) is 6.13. The van der Waals surface area contributed by atoms with Crippen molar-refractivity contribution in [1.29, 1.82) is 0 Å². The van der Waals surface area contributed by atoms with E-state index in [0.717, 1.165) is 29.7 Å². The summed E-state index contributed by atoms with van der Waals surface area (Å²) >= 11 is 0. The van der Waals surface area contributed by atoms with Gasteiger partial charge in [0.05, 0.1) is 5.69 Å². The highest BCUT2D eigenvalue weighted by molar-refractivity contribution is 6.83. The van der Waals surface area contributed by atoms with Crippen LogP contribution < -0.4 is 4.90 Å². The number of amides is 1. The minimum Gasteiger partial charge on any atom is -0.465 e. The van der Waals surface area contributed by atoms with Crippen molar-refractivity contribution in [2.45, 2.75) is 32.5 Å². The molecule has 0 saturated heterocycles. The van der Waals surface area contributed by atoms with Crippen LogP contribution in [0.2, 0.25) is 19.6 Å². The van der Waals surface area contributed by atoms with E-state index >= 15 is 0 Å². The fraction of sp³-hybridized carbons (Fsp3) is 0.400. The van der Waals surface area contributed by atoms with Gasteiger partial charge in [0.2, 0.25) is 0 Å². The SMILES string of the molecule is C[Si](C)(C)C#Cc1ccc2c(c1)N(C(=O)O)CCC2. The third-order valence-corrected chi connectivity index (χ3v) is 3.89. The van der Waals surface area contributed by atoms with Gasteiger partial charge in [0, 0.05) is 12.1 Å². The summed E-state index contributed by atoms with van der Waals surface area (Å²) in [7, 11) is -1.41. The highest BCUT2D eigenvalue weighted by Crippen LogP contribution is 2.28. The van der Waals surface area contributed by atoms with Crippen molar-refractivity contribution in [2.75, 3.05) is 11.4 Å². The van der Waals surface area contributed by atoms with Crippen LogP contribution in [0.1, 0.15) is 17.5 Å². The molecule has 1 aliphatic heterocycles. The Morgan fingerprint density at radius 1 is 1.37 bits per heavy atom. The van der Waals surface area contributed by atoms with E-state index in [9.17, 15) is 9.90 Å². The Morgan fingerprint density at radius 3 is 2.74 bits per heavy atom. The van der Waals surface area contributed by atoms with Crippen LogP contribution in [0.4, 0.5) is 10.5 Å². The monoisotopic (exact) mass is 273 g/mol. The molecule has 0 spiro atoms. The molecule has 1 aliphatic rings.